The summed E-state index contributed by atoms with van der Waals surface area (Å²) in [6.45, 7) is 0.213. The number of hydrogen-bond acceptors (Lipinski definition) is 2. The molecule has 0 spiro atoms. The normalized spacial score (nSPS) is 11.7. The highest BCUT2D eigenvalue weighted by atomic mass is 32.1. The van der Waals surface area contributed by atoms with Gasteiger partial charge >= 0.3 is 0 Å². The van der Waals surface area contributed by atoms with Crippen molar-refractivity contribution in [1.82, 2.24) is 10.2 Å². The molecule has 8 heteroatoms. The highest BCUT2D eigenvalue weighted by molar-refractivity contribution is 7.09. The van der Waals surface area contributed by atoms with Crippen molar-refractivity contribution in [3.05, 3.63) is 57.3 Å². The molecule has 0 aliphatic carbocycles. The molecule has 1 aromatic carbocycles. The number of benzene rings is 1. The molecule has 2 rings (SSSR count). The van der Waals surface area contributed by atoms with Gasteiger partial charge in [-0.1, -0.05) is 6.07 Å². The van der Waals surface area contributed by atoms with Gasteiger partial charge in [0.15, 0.2) is 29.2 Å². The molecule has 0 radical (unpaired) electrons. The number of thiophene rings is 1. The summed E-state index contributed by atoms with van der Waals surface area (Å²) < 4.78 is 53.7. The van der Waals surface area contributed by atoms with Gasteiger partial charge in [0, 0.05) is 43.7 Å². The first kappa shape index (κ1) is 18.3. The zero-order chi connectivity index (χ0) is 17.7. The Bertz CT molecular complexity index is 690. The van der Waals surface area contributed by atoms with Crippen molar-refractivity contribution in [2.24, 2.45) is 4.99 Å². The molecule has 130 valence electrons. The van der Waals surface area contributed by atoms with Crippen molar-refractivity contribution >= 4 is 17.3 Å². The van der Waals surface area contributed by atoms with Crippen molar-refractivity contribution in [2.75, 3.05) is 20.6 Å². The minimum atomic E-state index is -1.42. The maximum Gasteiger partial charge on any atom is 0.193 e. The summed E-state index contributed by atoms with van der Waals surface area (Å²) in [6, 6.07) is 4.15. The zero-order valence-electron chi connectivity index (χ0n) is 13.2. The number of likely N-dealkylation sites (N-methyl/N-ethyl adjacent to an activating group) is 1. The second kappa shape index (κ2) is 8.14. The lowest BCUT2D eigenvalue weighted by atomic mass is 10.2. The molecule has 3 nitrogen and oxygen atoms in total. The van der Waals surface area contributed by atoms with Crippen LogP contribution in [0.2, 0.25) is 0 Å². The van der Waals surface area contributed by atoms with E-state index in [0.717, 1.165) is 6.42 Å². The first-order chi connectivity index (χ1) is 11.4. The van der Waals surface area contributed by atoms with E-state index in [2.05, 4.69) is 10.3 Å². The van der Waals surface area contributed by atoms with Crippen LogP contribution in [0.5, 0.6) is 0 Å². The Hall–Kier alpha value is -2.09. The standard InChI is InChI=1S/C16H17F4N3S/c1-21-16(23(2)6-5-10-4-3-7-24-10)22-9-11-14(19)12(17)8-13(18)15(11)20/h3-4,7-8H,5-6,9H2,1-2H3,(H,21,22). The van der Waals surface area contributed by atoms with Crippen LogP contribution in [0.1, 0.15) is 10.4 Å². The van der Waals surface area contributed by atoms with Crippen LogP contribution in [-0.4, -0.2) is 31.5 Å². The monoisotopic (exact) mass is 359 g/mol. The Balaban J connectivity index is 2.01. The van der Waals surface area contributed by atoms with Gasteiger partial charge in [-0.2, -0.15) is 0 Å². The summed E-state index contributed by atoms with van der Waals surface area (Å²) in [4.78, 5) is 6.97. The maximum absolute atomic E-state index is 13.7. The molecule has 0 aliphatic heterocycles. The zero-order valence-corrected chi connectivity index (χ0v) is 14.1. The second-order valence-corrected chi connectivity index (χ2v) is 6.13. The summed E-state index contributed by atoms with van der Waals surface area (Å²) in [6.07, 6.45) is 0.784. The molecular formula is C16H17F4N3S. The average molecular weight is 359 g/mol. The Kier molecular flexibility index (Phi) is 6.19. The molecule has 0 bridgehead atoms. The van der Waals surface area contributed by atoms with Gasteiger partial charge in [-0.05, 0) is 17.9 Å². The molecule has 0 amide bonds. The van der Waals surface area contributed by atoms with E-state index >= 15 is 0 Å². The van der Waals surface area contributed by atoms with E-state index in [1.165, 1.54) is 11.9 Å². The van der Waals surface area contributed by atoms with Crippen LogP contribution >= 0.6 is 11.3 Å². The van der Waals surface area contributed by atoms with Crippen molar-refractivity contribution in [1.29, 1.82) is 0 Å². The van der Waals surface area contributed by atoms with Crippen molar-refractivity contribution in [2.45, 2.75) is 13.0 Å². The number of hydrogen-bond donors (Lipinski definition) is 1. The molecule has 1 aromatic heterocycles. The number of rotatable bonds is 5. The number of nitrogens with zero attached hydrogens (tertiary/aromatic N) is 2. The van der Waals surface area contributed by atoms with Crippen molar-refractivity contribution in [3.63, 3.8) is 0 Å². The first-order valence-corrected chi connectivity index (χ1v) is 8.08. The minimum absolute atomic E-state index is 0.191. The molecule has 0 atom stereocenters. The Labute approximate surface area is 141 Å². The Morgan fingerprint density at radius 2 is 1.88 bits per heavy atom. The molecule has 0 saturated heterocycles. The van der Waals surface area contributed by atoms with E-state index in [9.17, 15) is 17.6 Å². The van der Waals surface area contributed by atoms with E-state index in [4.69, 9.17) is 0 Å². The summed E-state index contributed by atoms with van der Waals surface area (Å²) in [7, 11) is 3.28. The van der Waals surface area contributed by atoms with Gasteiger partial charge in [-0.15, -0.1) is 11.3 Å². The fourth-order valence-corrected chi connectivity index (χ4v) is 2.87. The molecule has 1 N–H and O–H groups in total. The molecule has 1 heterocycles. The van der Waals surface area contributed by atoms with Crippen molar-refractivity contribution < 1.29 is 17.6 Å². The highest BCUT2D eigenvalue weighted by Gasteiger charge is 2.19. The largest absolute Gasteiger partial charge is 0.352 e. The van der Waals surface area contributed by atoms with Crippen molar-refractivity contribution in [3.8, 4) is 0 Å². The van der Waals surface area contributed by atoms with Crippen LogP contribution < -0.4 is 5.32 Å². The molecule has 24 heavy (non-hydrogen) atoms. The maximum atomic E-state index is 13.7. The van der Waals surface area contributed by atoms with Crippen LogP contribution in [0, 0.1) is 23.3 Å². The predicted molar refractivity (Wildman–Crippen MR) is 87.1 cm³/mol. The van der Waals surface area contributed by atoms with Gasteiger partial charge in [0.05, 0.1) is 0 Å². The first-order valence-electron chi connectivity index (χ1n) is 7.20. The lowest BCUT2D eigenvalue weighted by molar-refractivity contribution is 0.433. The minimum Gasteiger partial charge on any atom is -0.352 e. The van der Waals surface area contributed by atoms with E-state index < -0.39 is 35.4 Å². The third-order valence-electron chi connectivity index (χ3n) is 3.47. The van der Waals surface area contributed by atoms with Gasteiger partial charge in [-0.3, -0.25) is 4.99 Å². The lowest BCUT2D eigenvalue weighted by Crippen LogP contribution is -2.39. The predicted octanol–water partition coefficient (Wildman–Crippen LogP) is 3.55. The average Bonchev–Trinajstić information content (AvgIpc) is 3.07. The third-order valence-corrected chi connectivity index (χ3v) is 4.41. The smallest absolute Gasteiger partial charge is 0.193 e. The van der Waals surface area contributed by atoms with E-state index in [0.29, 0.717) is 12.5 Å². The fourth-order valence-electron chi connectivity index (χ4n) is 2.17. The molecule has 2 aromatic rings. The second-order valence-electron chi connectivity index (χ2n) is 5.10. The van der Waals surface area contributed by atoms with Gasteiger partial charge in [0.2, 0.25) is 0 Å². The SMILES string of the molecule is CN=C(NCc1c(F)c(F)cc(F)c1F)N(C)CCc1cccs1. The molecule has 0 fully saturated rings. The number of nitrogens with one attached hydrogen (secondary N) is 1. The van der Waals surface area contributed by atoms with E-state index in [1.807, 2.05) is 17.5 Å². The van der Waals surface area contributed by atoms with E-state index in [1.54, 1.807) is 23.3 Å². The van der Waals surface area contributed by atoms with Crippen LogP contribution in [0.15, 0.2) is 28.6 Å². The summed E-state index contributed by atoms with van der Waals surface area (Å²) in [5, 5.41) is 4.70. The van der Waals surface area contributed by atoms with Crippen LogP contribution in [0.3, 0.4) is 0 Å². The quantitative estimate of drug-likeness (QED) is 0.383. The third kappa shape index (κ3) is 4.25. The lowest BCUT2D eigenvalue weighted by Gasteiger charge is -2.22. The molecule has 0 aliphatic rings. The van der Waals surface area contributed by atoms with Gasteiger partial charge in [0.1, 0.15) is 0 Å². The van der Waals surface area contributed by atoms with Gasteiger partial charge in [-0.25, -0.2) is 17.6 Å². The Morgan fingerprint density at radius 3 is 2.42 bits per heavy atom. The highest BCUT2D eigenvalue weighted by Crippen LogP contribution is 2.19. The summed E-state index contributed by atoms with van der Waals surface area (Å²) in [5.74, 6) is -5.29. The molecule has 0 unspecified atom stereocenters. The van der Waals surface area contributed by atoms with E-state index in [-0.39, 0.29) is 6.07 Å². The van der Waals surface area contributed by atoms with Gasteiger partial charge < -0.3 is 10.2 Å². The van der Waals surface area contributed by atoms with Crippen LogP contribution in [0.4, 0.5) is 17.6 Å². The molecular weight excluding hydrogens is 342 g/mol. The Morgan fingerprint density at radius 1 is 1.21 bits per heavy atom. The molecule has 0 saturated carbocycles. The number of guanidine groups is 1. The summed E-state index contributed by atoms with van der Waals surface area (Å²) in [5.41, 5.74) is -0.694. The van der Waals surface area contributed by atoms with Crippen LogP contribution in [-0.2, 0) is 13.0 Å². The van der Waals surface area contributed by atoms with Crippen LogP contribution in [0.25, 0.3) is 0 Å². The number of halogens is 4. The summed E-state index contributed by atoms with van der Waals surface area (Å²) >= 11 is 1.63. The topological polar surface area (TPSA) is 27.6 Å². The van der Waals surface area contributed by atoms with Gasteiger partial charge in [0.25, 0.3) is 0 Å². The number of aliphatic imine (C=N–C) groups is 1. The fraction of sp³-hybridized carbons (Fsp3) is 0.312.